The molecule has 0 aliphatic heterocycles. The van der Waals surface area contributed by atoms with E-state index in [1.165, 1.54) is 13.0 Å². The van der Waals surface area contributed by atoms with Crippen molar-refractivity contribution in [2.75, 3.05) is 5.32 Å². The Morgan fingerprint density at radius 1 is 1.29 bits per heavy atom. The number of amides is 1. The number of aryl methyl sites for hydroxylation is 1. The Morgan fingerprint density at radius 2 is 1.96 bits per heavy atom. The first-order valence-electron chi connectivity index (χ1n) is 7.37. The maximum atomic E-state index is 13.2. The van der Waals surface area contributed by atoms with E-state index in [0.29, 0.717) is 4.52 Å². The SMILES string of the molecule is Cc1cc(C(F)(F)F)n2nc(C(=O)Nc3cc([N+](=O)[O-])ccc3Cl)c(Cl)c2n1. The number of nitro groups is 1. The Hall–Kier alpha value is -2.92. The fourth-order valence-corrected chi connectivity index (χ4v) is 2.77. The van der Waals surface area contributed by atoms with Gasteiger partial charge < -0.3 is 5.32 Å². The molecule has 0 fully saturated rings. The van der Waals surface area contributed by atoms with Crippen LogP contribution < -0.4 is 5.32 Å². The fourth-order valence-electron chi connectivity index (χ4n) is 2.36. The van der Waals surface area contributed by atoms with Gasteiger partial charge in [-0.25, -0.2) is 9.50 Å². The van der Waals surface area contributed by atoms with Gasteiger partial charge in [0.05, 0.1) is 15.6 Å². The van der Waals surface area contributed by atoms with Crippen LogP contribution in [-0.2, 0) is 6.18 Å². The van der Waals surface area contributed by atoms with Crippen molar-refractivity contribution in [2.24, 2.45) is 0 Å². The fraction of sp³-hybridized carbons (Fsp3) is 0.133. The normalized spacial score (nSPS) is 11.6. The third kappa shape index (κ3) is 3.58. The van der Waals surface area contributed by atoms with Crippen LogP contribution in [0.2, 0.25) is 10.0 Å². The van der Waals surface area contributed by atoms with Crippen molar-refractivity contribution < 1.29 is 22.9 Å². The Labute approximate surface area is 164 Å². The molecule has 28 heavy (non-hydrogen) atoms. The highest BCUT2D eigenvalue weighted by molar-refractivity contribution is 6.37. The number of rotatable bonds is 3. The average Bonchev–Trinajstić information content (AvgIpc) is 2.92. The van der Waals surface area contributed by atoms with E-state index >= 15 is 0 Å². The second-order valence-corrected chi connectivity index (χ2v) is 6.34. The zero-order valence-corrected chi connectivity index (χ0v) is 15.2. The summed E-state index contributed by atoms with van der Waals surface area (Å²) in [5.41, 5.74) is -2.52. The number of carbonyl (C=O) groups excluding carboxylic acids is 1. The molecule has 3 aromatic rings. The summed E-state index contributed by atoms with van der Waals surface area (Å²) in [5, 5.41) is 16.3. The summed E-state index contributed by atoms with van der Waals surface area (Å²) in [5.74, 6) is -1.01. The molecule has 0 saturated heterocycles. The average molecular weight is 434 g/mol. The number of halogens is 5. The van der Waals surface area contributed by atoms with Gasteiger partial charge >= 0.3 is 6.18 Å². The van der Waals surface area contributed by atoms with Crippen molar-refractivity contribution in [3.63, 3.8) is 0 Å². The van der Waals surface area contributed by atoms with Crippen LogP contribution in [0.5, 0.6) is 0 Å². The standard InChI is InChI=1S/C15H8Cl2F3N5O3/c1-6-4-10(15(18,19)20)24-13(21-6)11(17)12(23-24)14(26)22-9-5-7(25(27)28)2-3-8(9)16/h2-5H,1H3,(H,22,26). The Morgan fingerprint density at radius 3 is 2.57 bits per heavy atom. The number of hydrogen-bond acceptors (Lipinski definition) is 5. The molecule has 3 rings (SSSR count). The predicted octanol–water partition coefficient (Wildman–Crippen LogP) is 4.52. The molecule has 0 atom stereocenters. The molecule has 0 aliphatic carbocycles. The zero-order valence-electron chi connectivity index (χ0n) is 13.7. The van der Waals surface area contributed by atoms with Gasteiger partial charge in [-0.15, -0.1) is 0 Å². The van der Waals surface area contributed by atoms with Gasteiger partial charge in [-0.3, -0.25) is 14.9 Å². The van der Waals surface area contributed by atoms with E-state index in [4.69, 9.17) is 23.2 Å². The first-order valence-corrected chi connectivity index (χ1v) is 8.13. The second-order valence-electron chi connectivity index (χ2n) is 5.55. The van der Waals surface area contributed by atoms with E-state index < -0.39 is 33.4 Å². The molecule has 0 spiro atoms. The second kappa shape index (κ2) is 6.91. The first kappa shape index (κ1) is 19.8. The lowest BCUT2D eigenvalue weighted by atomic mass is 10.2. The molecule has 0 radical (unpaired) electrons. The number of fused-ring (bicyclic) bond motifs is 1. The van der Waals surface area contributed by atoms with Gasteiger partial charge in [0.25, 0.3) is 11.6 Å². The number of nitrogens with one attached hydrogen (secondary N) is 1. The van der Waals surface area contributed by atoms with E-state index in [0.717, 1.165) is 18.2 Å². The van der Waals surface area contributed by atoms with Crippen molar-refractivity contribution in [2.45, 2.75) is 13.1 Å². The molecule has 2 heterocycles. The highest BCUT2D eigenvalue weighted by Gasteiger charge is 2.36. The summed E-state index contributed by atoms with van der Waals surface area (Å²) < 4.78 is 40.2. The monoisotopic (exact) mass is 433 g/mol. The van der Waals surface area contributed by atoms with E-state index in [1.807, 2.05) is 0 Å². The molecular weight excluding hydrogens is 426 g/mol. The van der Waals surface area contributed by atoms with Gasteiger partial charge in [0, 0.05) is 17.8 Å². The van der Waals surface area contributed by atoms with Crippen LogP contribution in [0.15, 0.2) is 24.3 Å². The van der Waals surface area contributed by atoms with E-state index in [9.17, 15) is 28.1 Å². The lowest BCUT2D eigenvalue weighted by molar-refractivity contribution is -0.384. The van der Waals surface area contributed by atoms with Crippen LogP contribution in [0, 0.1) is 17.0 Å². The highest BCUT2D eigenvalue weighted by atomic mass is 35.5. The van der Waals surface area contributed by atoms with Crippen molar-refractivity contribution in [1.29, 1.82) is 0 Å². The molecule has 1 N–H and O–H groups in total. The van der Waals surface area contributed by atoms with Crippen LogP contribution >= 0.6 is 23.2 Å². The van der Waals surface area contributed by atoms with Gasteiger partial charge in [-0.1, -0.05) is 23.2 Å². The Bertz CT molecular complexity index is 1130. The van der Waals surface area contributed by atoms with Crippen LogP contribution in [-0.4, -0.2) is 25.4 Å². The van der Waals surface area contributed by atoms with Crippen molar-refractivity contribution in [3.8, 4) is 0 Å². The molecule has 8 nitrogen and oxygen atoms in total. The predicted molar refractivity (Wildman–Crippen MR) is 93.8 cm³/mol. The summed E-state index contributed by atoms with van der Waals surface area (Å²) in [6.07, 6.45) is -4.77. The highest BCUT2D eigenvalue weighted by Crippen LogP contribution is 2.33. The summed E-state index contributed by atoms with van der Waals surface area (Å²) in [6.45, 7) is 1.33. The van der Waals surface area contributed by atoms with Crippen molar-refractivity contribution in [3.05, 3.63) is 61.5 Å². The molecule has 0 saturated carbocycles. The molecular formula is C15H8Cl2F3N5O3. The Kier molecular flexibility index (Phi) is 4.90. The summed E-state index contributed by atoms with van der Waals surface area (Å²) in [4.78, 5) is 26.5. The third-order valence-electron chi connectivity index (χ3n) is 3.58. The number of hydrogen-bond donors (Lipinski definition) is 1. The number of anilines is 1. The Balaban J connectivity index is 2.07. The number of carbonyl (C=O) groups is 1. The van der Waals surface area contributed by atoms with Crippen molar-refractivity contribution in [1.82, 2.24) is 14.6 Å². The van der Waals surface area contributed by atoms with E-state index in [2.05, 4.69) is 15.4 Å². The summed E-state index contributed by atoms with van der Waals surface area (Å²) in [6, 6.07) is 4.06. The maximum Gasteiger partial charge on any atom is 0.433 e. The smallest absolute Gasteiger partial charge is 0.319 e. The number of non-ortho nitro benzene ring substituents is 1. The van der Waals surface area contributed by atoms with Crippen molar-refractivity contribution >= 4 is 46.1 Å². The number of benzene rings is 1. The number of alkyl halides is 3. The molecule has 0 aliphatic rings. The molecule has 13 heteroatoms. The van der Waals surface area contributed by atoms with Gasteiger partial charge in [-0.05, 0) is 19.1 Å². The van der Waals surface area contributed by atoms with Crippen LogP contribution in [0.25, 0.3) is 5.65 Å². The summed E-state index contributed by atoms with van der Waals surface area (Å²) in [7, 11) is 0. The van der Waals surface area contributed by atoms with Gasteiger partial charge in [-0.2, -0.15) is 18.3 Å². The molecule has 0 bridgehead atoms. The van der Waals surface area contributed by atoms with Crippen LogP contribution in [0.3, 0.4) is 0 Å². The number of nitrogens with zero attached hydrogens (tertiary/aromatic N) is 4. The maximum absolute atomic E-state index is 13.2. The molecule has 2 aromatic heterocycles. The number of aromatic nitrogens is 3. The van der Waals surface area contributed by atoms with Gasteiger partial charge in [0.2, 0.25) is 0 Å². The first-order chi connectivity index (χ1) is 13.0. The lowest BCUT2D eigenvalue weighted by Crippen LogP contribution is -2.16. The lowest BCUT2D eigenvalue weighted by Gasteiger charge is -2.09. The van der Waals surface area contributed by atoms with Gasteiger partial charge in [0.15, 0.2) is 11.3 Å². The minimum atomic E-state index is -4.77. The van der Waals surface area contributed by atoms with Crippen LogP contribution in [0.4, 0.5) is 24.5 Å². The molecule has 1 aromatic carbocycles. The van der Waals surface area contributed by atoms with E-state index in [1.54, 1.807) is 0 Å². The number of nitro benzene ring substituents is 1. The minimum absolute atomic E-state index is 0.0234. The van der Waals surface area contributed by atoms with E-state index in [-0.39, 0.29) is 27.7 Å². The molecule has 146 valence electrons. The zero-order chi connectivity index (χ0) is 20.8. The van der Waals surface area contributed by atoms with Crippen LogP contribution in [0.1, 0.15) is 21.9 Å². The molecule has 0 unspecified atom stereocenters. The quantitative estimate of drug-likeness (QED) is 0.482. The minimum Gasteiger partial charge on any atom is -0.319 e. The topological polar surface area (TPSA) is 102 Å². The largest absolute Gasteiger partial charge is 0.433 e. The van der Waals surface area contributed by atoms with Gasteiger partial charge in [0.1, 0.15) is 10.7 Å². The summed E-state index contributed by atoms with van der Waals surface area (Å²) >= 11 is 11.9. The third-order valence-corrected chi connectivity index (χ3v) is 4.25. The molecule has 1 amide bonds.